The zero-order valence-corrected chi connectivity index (χ0v) is 12.1. The second-order valence-electron chi connectivity index (χ2n) is 6.30. The first-order valence-corrected chi connectivity index (χ1v) is 8.01. The van der Waals surface area contributed by atoms with Crippen LogP contribution in [0.15, 0.2) is 24.3 Å². The third-order valence-corrected chi connectivity index (χ3v) is 5.14. The van der Waals surface area contributed by atoms with Crippen LogP contribution in [0.3, 0.4) is 0 Å². The highest BCUT2D eigenvalue weighted by molar-refractivity contribution is 5.21. The first-order valence-electron chi connectivity index (χ1n) is 8.01. The number of nitrogens with zero attached hydrogens (tertiary/aromatic N) is 1. The van der Waals surface area contributed by atoms with Gasteiger partial charge in [-0.2, -0.15) is 0 Å². The Morgan fingerprint density at radius 2 is 2.00 bits per heavy atom. The monoisotopic (exact) mass is 276 g/mol. The summed E-state index contributed by atoms with van der Waals surface area (Å²) in [6, 6.07) is 7.83. The van der Waals surface area contributed by atoms with E-state index in [0.717, 1.165) is 18.0 Å². The Morgan fingerprint density at radius 1 is 1.20 bits per heavy atom. The number of fused-ring (bicyclic) bond motifs is 1. The first-order chi connectivity index (χ1) is 9.79. The van der Waals surface area contributed by atoms with Crippen LogP contribution in [0.2, 0.25) is 0 Å². The molecule has 0 radical (unpaired) electrons. The van der Waals surface area contributed by atoms with E-state index in [1.807, 2.05) is 6.07 Å². The number of piperidine rings is 1. The van der Waals surface area contributed by atoms with Crippen LogP contribution in [0.1, 0.15) is 50.1 Å². The molecule has 1 heterocycles. The van der Waals surface area contributed by atoms with Crippen molar-refractivity contribution in [2.24, 2.45) is 11.7 Å². The van der Waals surface area contributed by atoms with E-state index in [0.29, 0.717) is 12.6 Å². The van der Waals surface area contributed by atoms with Gasteiger partial charge >= 0.3 is 0 Å². The molecular weight excluding hydrogens is 251 g/mol. The normalized spacial score (nSPS) is 28.9. The summed E-state index contributed by atoms with van der Waals surface area (Å²) < 4.78 is 13.5. The number of halogens is 1. The van der Waals surface area contributed by atoms with E-state index in [-0.39, 0.29) is 11.9 Å². The highest BCUT2D eigenvalue weighted by atomic mass is 19.1. The van der Waals surface area contributed by atoms with Crippen molar-refractivity contribution in [3.05, 3.63) is 35.6 Å². The molecule has 110 valence electrons. The van der Waals surface area contributed by atoms with Gasteiger partial charge in [-0.25, -0.2) is 4.39 Å². The van der Waals surface area contributed by atoms with Gasteiger partial charge in [0.2, 0.25) is 0 Å². The van der Waals surface area contributed by atoms with Gasteiger partial charge < -0.3 is 5.73 Å². The molecule has 1 aromatic carbocycles. The second kappa shape index (κ2) is 6.23. The lowest BCUT2D eigenvalue weighted by molar-refractivity contribution is 0.0275. The Balaban J connectivity index is 1.84. The molecule has 20 heavy (non-hydrogen) atoms. The van der Waals surface area contributed by atoms with Crippen molar-refractivity contribution in [2.75, 3.05) is 13.1 Å². The largest absolute Gasteiger partial charge is 0.329 e. The zero-order valence-electron chi connectivity index (χ0n) is 12.1. The lowest BCUT2D eigenvalue weighted by Crippen LogP contribution is -2.50. The Morgan fingerprint density at radius 3 is 2.80 bits per heavy atom. The van der Waals surface area contributed by atoms with Gasteiger partial charge in [0.05, 0.1) is 0 Å². The highest BCUT2D eigenvalue weighted by Gasteiger charge is 2.36. The van der Waals surface area contributed by atoms with Gasteiger partial charge in [0.1, 0.15) is 5.82 Å². The van der Waals surface area contributed by atoms with Gasteiger partial charge in [0.15, 0.2) is 0 Å². The maximum absolute atomic E-state index is 13.5. The maximum Gasteiger partial charge on any atom is 0.123 e. The third kappa shape index (κ3) is 2.75. The molecule has 2 aliphatic rings. The van der Waals surface area contributed by atoms with E-state index in [4.69, 9.17) is 5.73 Å². The fraction of sp³-hybridized carbons (Fsp3) is 0.647. The van der Waals surface area contributed by atoms with Crippen molar-refractivity contribution < 1.29 is 4.39 Å². The van der Waals surface area contributed by atoms with Crippen LogP contribution in [0.5, 0.6) is 0 Å². The SMILES string of the molecule is NCC(c1cccc(F)c1)N1CCC[C@H]2CCCC[C@H]21. The minimum atomic E-state index is -0.154. The number of nitrogens with two attached hydrogens (primary N) is 1. The van der Waals surface area contributed by atoms with E-state index >= 15 is 0 Å². The molecule has 0 aromatic heterocycles. The van der Waals surface area contributed by atoms with Crippen molar-refractivity contribution in [2.45, 2.75) is 50.6 Å². The van der Waals surface area contributed by atoms with Crippen LogP contribution in [0.25, 0.3) is 0 Å². The second-order valence-corrected chi connectivity index (χ2v) is 6.30. The maximum atomic E-state index is 13.5. The molecule has 2 fully saturated rings. The van der Waals surface area contributed by atoms with Crippen molar-refractivity contribution in [1.82, 2.24) is 4.90 Å². The topological polar surface area (TPSA) is 29.3 Å². The molecule has 1 aromatic rings. The van der Waals surface area contributed by atoms with Crippen LogP contribution in [0.4, 0.5) is 4.39 Å². The minimum Gasteiger partial charge on any atom is -0.329 e. The lowest BCUT2D eigenvalue weighted by Gasteiger charge is -2.47. The summed E-state index contributed by atoms with van der Waals surface area (Å²) in [5.41, 5.74) is 7.08. The summed E-state index contributed by atoms with van der Waals surface area (Å²) in [5, 5.41) is 0. The minimum absolute atomic E-state index is 0.154. The van der Waals surface area contributed by atoms with Gasteiger partial charge in [0.25, 0.3) is 0 Å². The van der Waals surface area contributed by atoms with Crippen molar-refractivity contribution >= 4 is 0 Å². The molecule has 3 heteroatoms. The predicted octanol–water partition coefficient (Wildman–Crippen LogP) is 3.48. The average Bonchev–Trinajstić information content (AvgIpc) is 2.48. The zero-order chi connectivity index (χ0) is 13.9. The number of rotatable bonds is 3. The Kier molecular flexibility index (Phi) is 4.37. The quantitative estimate of drug-likeness (QED) is 0.916. The molecule has 1 saturated carbocycles. The number of benzene rings is 1. The van der Waals surface area contributed by atoms with E-state index in [1.54, 1.807) is 12.1 Å². The predicted molar refractivity (Wildman–Crippen MR) is 79.9 cm³/mol. The lowest BCUT2D eigenvalue weighted by atomic mass is 9.77. The van der Waals surface area contributed by atoms with Crippen molar-refractivity contribution in [3.8, 4) is 0 Å². The molecule has 3 rings (SSSR count). The summed E-state index contributed by atoms with van der Waals surface area (Å²) in [7, 11) is 0. The molecule has 1 saturated heterocycles. The Bertz CT molecular complexity index is 446. The molecule has 2 nitrogen and oxygen atoms in total. The number of likely N-dealkylation sites (tertiary alicyclic amines) is 1. The molecule has 1 aliphatic heterocycles. The summed E-state index contributed by atoms with van der Waals surface area (Å²) in [4.78, 5) is 2.57. The van der Waals surface area contributed by atoms with Crippen molar-refractivity contribution in [3.63, 3.8) is 0 Å². The summed E-state index contributed by atoms with van der Waals surface area (Å²) >= 11 is 0. The van der Waals surface area contributed by atoms with E-state index < -0.39 is 0 Å². The van der Waals surface area contributed by atoms with Gasteiger partial charge in [0, 0.05) is 18.6 Å². The van der Waals surface area contributed by atoms with Crippen molar-refractivity contribution in [1.29, 1.82) is 0 Å². The van der Waals surface area contributed by atoms with E-state index in [9.17, 15) is 4.39 Å². The molecule has 1 aliphatic carbocycles. The highest BCUT2D eigenvalue weighted by Crippen LogP contribution is 2.39. The standard InChI is InChI=1S/C17H25FN2/c18-15-8-3-6-14(11-15)17(12-19)20-10-4-7-13-5-1-2-9-16(13)20/h3,6,8,11,13,16-17H,1-2,4-5,7,9-10,12,19H2/t13-,16-,17?/m1/s1. The fourth-order valence-electron chi connectivity index (χ4n) is 4.23. The summed E-state index contributed by atoms with van der Waals surface area (Å²) in [6.45, 7) is 1.69. The molecular formula is C17H25FN2. The average molecular weight is 276 g/mol. The molecule has 0 amide bonds. The van der Waals surface area contributed by atoms with Gasteiger partial charge in [-0.05, 0) is 55.8 Å². The molecule has 0 bridgehead atoms. The van der Waals surface area contributed by atoms with Crippen LogP contribution in [0, 0.1) is 11.7 Å². The Hall–Kier alpha value is -0.930. The number of hydrogen-bond donors (Lipinski definition) is 1. The van der Waals surface area contributed by atoms with E-state index in [2.05, 4.69) is 4.90 Å². The fourth-order valence-corrected chi connectivity index (χ4v) is 4.23. The smallest absolute Gasteiger partial charge is 0.123 e. The first kappa shape index (κ1) is 14.0. The summed E-state index contributed by atoms with van der Waals surface area (Å²) in [5.74, 6) is 0.679. The molecule has 2 N–H and O–H groups in total. The third-order valence-electron chi connectivity index (χ3n) is 5.14. The van der Waals surface area contributed by atoms with Crippen LogP contribution in [-0.2, 0) is 0 Å². The number of hydrogen-bond acceptors (Lipinski definition) is 2. The molecule has 3 atom stereocenters. The Labute approximate surface area is 121 Å². The van der Waals surface area contributed by atoms with E-state index in [1.165, 1.54) is 44.6 Å². The van der Waals surface area contributed by atoms with Gasteiger partial charge in [-0.3, -0.25) is 4.90 Å². The van der Waals surface area contributed by atoms with Crippen LogP contribution in [-0.4, -0.2) is 24.0 Å². The van der Waals surface area contributed by atoms with Gasteiger partial charge in [-0.15, -0.1) is 0 Å². The molecule has 1 unspecified atom stereocenters. The molecule has 0 spiro atoms. The van der Waals surface area contributed by atoms with Crippen LogP contribution >= 0.6 is 0 Å². The van der Waals surface area contributed by atoms with Crippen LogP contribution < -0.4 is 5.73 Å². The van der Waals surface area contributed by atoms with Gasteiger partial charge in [-0.1, -0.05) is 25.0 Å². The summed E-state index contributed by atoms with van der Waals surface area (Å²) in [6.07, 6.45) is 7.98.